The first-order chi connectivity index (χ1) is 16.9. The average Bonchev–Trinajstić information content (AvgIpc) is 3.69. The molecule has 1 aliphatic heterocycles. The first-order valence-electron chi connectivity index (χ1n) is 11.4. The summed E-state index contributed by atoms with van der Waals surface area (Å²) in [4.78, 5) is 21.1. The maximum Gasteiger partial charge on any atom is 0.247 e. The molecule has 1 saturated carbocycles. The molecule has 0 spiro atoms. The fourth-order valence-corrected chi connectivity index (χ4v) is 6.48. The Kier molecular flexibility index (Phi) is 4.79. The standard InChI is InChI=1S/C26H23N5O3S/c1-3-21(32)30-17-6-4-15(5-7-17)24-22-20-11-10-19(35(33,34)18-8-9-18)12-16(20)13-27-25-23(22)26(31(24)2)29-14-28-25/h3-7,10-12,14,18H,1,8-9,13H2,2H3,(H,30,32)(H,27,28,29). The van der Waals surface area contributed by atoms with Gasteiger partial charge in [0.1, 0.15) is 17.8 Å². The zero-order valence-corrected chi connectivity index (χ0v) is 19.9. The molecule has 35 heavy (non-hydrogen) atoms. The van der Waals surface area contributed by atoms with Crippen LogP contribution in [0.4, 0.5) is 11.5 Å². The third kappa shape index (κ3) is 3.42. The molecule has 176 valence electrons. The van der Waals surface area contributed by atoms with Crippen molar-refractivity contribution in [2.75, 3.05) is 10.6 Å². The van der Waals surface area contributed by atoms with Gasteiger partial charge in [-0.25, -0.2) is 18.4 Å². The molecule has 0 unspecified atom stereocenters. The monoisotopic (exact) mass is 485 g/mol. The van der Waals surface area contributed by atoms with Crippen molar-refractivity contribution >= 4 is 38.3 Å². The number of carbonyl (C=O) groups excluding carboxylic acids is 1. The summed E-state index contributed by atoms with van der Waals surface area (Å²) in [5.41, 5.74) is 6.12. The third-order valence-corrected chi connectivity index (χ3v) is 8.92. The lowest BCUT2D eigenvalue weighted by Crippen LogP contribution is -2.09. The molecule has 6 rings (SSSR count). The summed E-state index contributed by atoms with van der Waals surface area (Å²) in [6, 6.07) is 13.0. The van der Waals surface area contributed by atoms with Crippen molar-refractivity contribution in [3.05, 3.63) is 67.0 Å². The number of carbonyl (C=O) groups is 1. The predicted molar refractivity (Wildman–Crippen MR) is 136 cm³/mol. The molecule has 2 aromatic heterocycles. The largest absolute Gasteiger partial charge is 0.365 e. The topological polar surface area (TPSA) is 106 Å². The Bertz CT molecular complexity index is 1630. The number of hydrogen-bond donors (Lipinski definition) is 2. The summed E-state index contributed by atoms with van der Waals surface area (Å²) < 4.78 is 27.9. The summed E-state index contributed by atoms with van der Waals surface area (Å²) in [7, 11) is -1.35. The number of anilines is 2. The maximum atomic E-state index is 12.9. The van der Waals surface area contributed by atoms with Crippen LogP contribution in [0.1, 0.15) is 18.4 Å². The Hall–Kier alpha value is -3.98. The van der Waals surface area contributed by atoms with E-state index in [9.17, 15) is 13.2 Å². The lowest BCUT2D eigenvalue weighted by atomic mass is 9.95. The van der Waals surface area contributed by atoms with Gasteiger partial charge in [-0.3, -0.25) is 4.79 Å². The molecular weight excluding hydrogens is 462 g/mol. The fourth-order valence-electron chi connectivity index (χ4n) is 4.78. The Balaban J connectivity index is 1.55. The maximum absolute atomic E-state index is 12.9. The van der Waals surface area contributed by atoms with Gasteiger partial charge in [0.15, 0.2) is 9.84 Å². The highest BCUT2D eigenvalue weighted by atomic mass is 32.2. The summed E-state index contributed by atoms with van der Waals surface area (Å²) in [5, 5.41) is 6.78. The molecule has 8 nitrogen and oxygen atoms in total. The SMILES string of the molecule is C=CC(=O)Nc1ccc(-c2c3c4c(ncnc4n2C)NCc2cc(S(=O)(=O)C4CC4)ccc2-3)cc1. The highest BCUT2D eigenvalue weighted by Crippen LogP contribution is 2.46. The zero-order chi connectivity index (χ0) is 24.3. The molecule has 0 bridgehead atoms. The van der Waals surface area contributed by atoms with E-state index in [-0.39, 0.29) is 11.2 Å². The molecule has 0 radical (unpaired) electrons. The van der Waals surface area contributed by atoms with E-state index in [1.165, 1.54) is 12.4 Å². The van der Waals surface area contributed by atoms with Gasteiger partial charge in [0, 0.05) is 24.8 Å². The van der Waals surface area contributed by atoms with Crippen LogP contribution in [-0.2, 0) is 28.2 Å². The first-order valence-corrected chi connectivity index (χ1v) is 12.9. The summed E-state index contributed by atoms with van der Waals surface area (Å²) >= 11 is 0. The number of aromatic nitrogens is 3. The molecule has 0 atom stereocenters. The average molecular weight is 486 g/mol. The molecule has 4 aromatic rings. The van der Waals surface area contributed by atoms with Crippen LogP contribution >= 0.6 is 0 Å². The number of fused-ring (bicyclic) bond motifs is 2. The van der Waals surface area contributed by atoms with E-state index in [1.54, 1.807) is 12.1 Å². The van der Waals surface area contributed by atoms with Gasteiger partial charge in [-0.2, -0.15) is 0 Å². The highest BCUT2D eigenvalue weighted by molar-refractivity contribution is 7.92. The summed E-state index contributed by atoms with van der Waals surface area (Å²) in [6.45, 7) is 3.95. The lowest BCUT2D eigenvalue weighted by Gasteiger charge is -2.14. The number of nitrogens with zero attached hydrogens (tertiary/aromatic N) is 3. The zero-order valence-electron chi connectivity index (χ0n) is 19.1. The minimum atomic E-state index is -3.31. The van der Waals surface area contributed by atoms with Crippen molar-refractivity contribution in [1.29, 1.82) is 0 Å². The smallest absolute Gasteiger partial charge is 0.247 e. The normalized spacial score (nSPS) is 14.7. The molecule has 0 saturated heterocycles. The molecule has 2 aromatic carbocycles. The van der Waals surface area contributed by atoms with Crippen molar-refractivity contribution in [2.24, 2.45) is 7.05 Å². The van der Waals surface area contributed by atoms with Crippen LogP contribution in [0, 0.1) is 0 Å². The van der Waals surface area contributed by atoms with Crippen LogP contribution in [0.5, 0.6) is 0 Å². The number of benzene rings is 2. The number of sulfone groups is 1. The Labute approximate surface area is 202 Å². The van der Waals surface area contributed by atoms with Crippen LogP contribution in [0.15, 0.2) is 66.3 Å². The van der Waals surface area contributed by atoms with Crippen LogP contribution in [0.3, 0.4) is 0 Å². The van der Waals surface area contributed by atoms with Gasteiger partial charge in [0.2, 0.25) is 5.91 Å². The molecule has 3 heterocycles. The van der Waals surface area contributed by atoms with E-state index < -0.39 is 9.84 Å². The number of nitrogens with one attached hydrogen (secondary N) is 2. The minimum Gasteiger partial charge on any atom is -0.365 e. The third-order valence-electron chi connectivity index (χ3n) is 6.66. The van der Waals surface area contributed by atoms with Gasteiger partial charge in [-0.15, -0.1) is 0 Å². The second-order valence-corrected chi connectivity index (χ2v) is 11.1. The van der Waals surface area contributed by atoms with E-state index in [0.29, 0.717) is 22.9 Å². The molecule has 2 N–H and O–H groups in total. The van der Waals surface area contributed by atoms with E-state index >= 15 is 0 Å². The quantitative estimate of drug-likeness (QED) is 0.409. The number of amides is 1. The van der Waals surface area contributed by atoms with Crippen LogP contribution in [0.25, 0.3) is 33.4 Å². The van der Waals surface area contributed by atoms with Crippen molar-refractivity contribution in [3.8, 4) is 22.4 Å². The first kappa shape index (κ1) is 21.5. The predicted octanol–water partition coefficient (Wildman–Crippen LogP) is 4.29. The van der Waals surface area contributed by atoms with E-state index in [2.05, 4.69) is 27.2 Å². The second-order valence-electron chi connectivity index (χ2n) is 8.89. The van der Waals surface area contributed by atoms with Crippen molar-refractivity contribution in [3.63, 3.8) is 0 Å². The molecule has 2 aliphatic rings. The fraction of sp³-hybridized carbons (Fsp3) is 0.192. The summed E-state index contributed by atoms with van der Waals surface area (Å²) in [5.74, 6) is 0.440. The Morgan fingerprint density at radius 1 is 1.17 bits per heavy atom. The van der Waals surface area contributed by atoms with Crippen molar-refractivity contribution < 1.29 is 13.2 Å². The van der Waals surface area contributed by atoms with Gasteiger partial charge in [0.05, 0.1) is 21.2 Å². The van der Waals surface area contributed by atoms with E-state index in [0.717, 1.165) is 51.8 Å². The van der Waals surface area contributed by atoms with Crippen LogP contribution < -0.4 is 10.6 Å². The Morgan fingerprint density at radius 3 is 2.66 bits per heavy atom. The minimum absolute atomic E-state index is 0.263. The molecule has 1 fully saturated rings. The van der Waals surface area contributed by atoms with Crippen molar-refractivity contribution in [2.45, 2.75) is 29.5 Å². The molecule has 1 aliphatic carbocycles. The molecule has 1 amide bonds. The van der Waals surface area contributed by atoms with E-state index in [1.807, 2.05) is 41.9 Å². The van der Waals surface area contributed by atoms with Crippen LogP contribution in [-0.4, -0.2) is 34.1 Å². The number of aryl methyl sites for hydroxylation is 1. The van der Waals surface area contributed by atoms with Gasteiger partial charge in [-0.1, -0.05) is 24.8 Å². The Morgan fingerprint density at radius 2 is 1.94 bits per heavy atom. The number of rotatable bonds is 5. The number of hydrogen-bond acceptors (Lipinski definition) is 6. The van der Waals surface area contributed by atoms with Crippen LogP contribution in [0.2, 0.25) is 0 Å². The van der Waals surface area contributed by atoms with Gasteiger partial charge in [0.25, 0.3) is 0 Å². The molecular formula is C26H23N5O3S. The highest BCUT2D eigenvalue weighted by Gasteiger charge is 2.37. The lowest BCUT2D eigenvalue weighted by molar-refractivity contribution is -0.111. The second kappa shape index (κ2) is 7.78. The van der Waals surface area contributed by atoms with Gasteiger partial charge in [-0.05, 0) is 59.9 Å². The van der Waals surface area contributed by atoms with Gasteiger partial charge < -0.3 is 15.2 Å². The molecule has 9 heteroatoms. The van der Waals surface area contributed by atoms with Crippen molar-refractivity contribution in [1.82, 2.24) is 14.5 Å². The van der Waals surface area contributed by atoms with Gasteiger partial charge >= 0.3 is 0 Å². The van der Waals surface area contributed by atoms with E-state index in [4.69, 9.17) is 0 Å². The summed E-state index contributed by atoms with van der Waals surface area (Å²) in [6.07, 6.45) is 4.22.